The Kier molecular flexibility index (Phi) is 3.98. The molecule has 5 nitrogen and oxygen atoms in total. The maximum atomic E-state index is 11.3. The minimum Gasteiger partial charge on any atom is -0.447 e. The summed E-state index contributed by atoms with van der Waals surface area (Å²) in [7, 11) is 0. The van der Waals surface area contributed by atoms with Crippen molar-refractivity contribution in [3.63, 3.8) is 0 Å². The van der Waals surface area contributed by atoms with E-state index in [1.54, 1.807) is 0 Å². The normalized spacial score (nSPS) is 15.5. The molecular formula is C8H15NO4. The molecule has 13 heavy (non-hydrogen) atoms. The van der Waals surface area contributed by atoms with Crippen LogP contribution >= 0.6 is 0 Å². The van der Waals surface area contributed by atoms with E-state index < -0.39 is 6.09 Å². The number of aliphatic hydroxyl groups is 2. The monoisotopic (exact) mass is 189 g/mol. The number of rotatable bonds is 5. The second-order valence-corrected chi connectivity index (χ2v) is 2.99. The Morgan fingerprint density at radius 3 is 2.54 bits per heavy atom. The van der Waals surface area contributed by atoms with Crippen molar-refractivity contribution in [2.75, 3.05) is 26.4 Å². The van der Waals surface area contributed by atoms with Gasteiger partial charge in [-0.1, -0.05) is 0 Å². The molecule has 1 aliphatic carbocycles. The molecule has 0 saturated heterocycles. The summed E-state index contributed by atoms with van der Waals surface area (Å²) < 4.78 is 4.73. The van der Waals surface area contributed by atoms with Crippen molar-refractivity contribution < 1.29 is 19.7 Å². The lowest BCUT2D eigenvalue weighted by atomic mass is 10.5. The fraction of sp³-hybridized carbons (Fsp3) is 0.875. The molecule has 0 heterocycles. The number of carbonyl (C=O) groups is 1. The van der Waals surface area contributed by atoms with Gasteiger partial charge < -0.3 is 19.8 Å². The van der Waals surface area contributed by atoms with Crippen LogP contribution in [-0.4, -0.2) is 53.6 Å². The Morgan fingerprint density at radius 1 is 1.38 bits per heavy atom. The molecule has 0 spiro atoms. The van der Waals surface area contributed by atoms with Crippen molar-refractivity contribution in [3.8, 4) is 0 Å². The van der Waals surface area contributed by atoms with Crippen LogP contribution in [-0.2, 0) is 4.74 Å². The molecule has 0 aliphatic heterocycles. The lowest BCUT2D eigenvalue weighted by Crippen LogP contribution is -2.36. The molecule has 5 heteroatoms. The average Bonchev–Trinajstić information content (AvgIpc) is 2.93. The Morgan fingerprint density at radius 2 is 2.08 bits per heavy atom. The third-order valence-electron chi connectivity index (χ3n) is 1.88. The van der Waals surface area contributed by atoms with Crippen LogP contribution in [0.2, 0.25) is 0 Å². The summed E-state index contributed by atoms with van der Waals surface area (Å²) in [4.78, 5) is 12.8. The van der Waals surface area contributed by atoms with Crippen molar-refractivity contribution in [1.29, 1.82) is 0 Å². The zero-order chi connectivity index (χ0) is 9.68. The summed E-state index contributed by atoms with van der Waals surface area (Å²) in [6, 6.07) is 0.235. The van der Waals surface area contributed by atoms with Gasteiger partial charge in [0.25, 0.3) is 0 Å². The Labute approximate surface area is 76.9 Å². The Balaban J connectivity index is 2.29. The van der Waals surface area contributed by atoms with Crippen LogP contribution in [0.15, 0.2) is 0 Å². The fourth-order valence-electron chi connectivity index (χ4n) is 1.13. The van der Waals surface area contributed by atoms with Crippen LogP contribution in [0.25, 0.3) is 0 Å². The number of nitrogens with zero attached hydrogens (tertiary/aromatic N) is 1. The third-order valence-corrected chi connectivity index (χ3v) is 1.88. The van der Waals surface area contributed by atoms with Crippen molar-refractivity contribution in [2.45, 2.75) is 18.9 Å². The largest absolute Gasteiger partial charge is 0.447 e. The van der Waals surface area contributed by atoms with Crippen molar-refractivity contribution in [2.24, 2.45) is 0 Å². The topological polar surface area (TPSA) is 70.0 Å². The van der Waals surface area contributed by atoms with Gasteiger partial charge in [-0.15, -0.1) is 0 Å². The van der Waals surface area contributed by atoms with Crippen LogP contribution in [0.3, 0.4) is 0 Å². The lowest BCUT2D eigenvalue weighted by Gasteiger charge is -2.20. The van der Waals surface area contributed by atoms with Crippen molar-refractivity contribution in [1.82, 2.24) is 4.90 Å². The molecule has 76 valence electrons. The van der Waals surface area contributed by atoms with Gasteiger partial charge in [-0.05, 0) is 12.8 Å². The third kappa shape index (κ3) is 3.20. The molecule has 1 amide bonds. The molecule has 2 N–H and O–H groups in total. The van der Waals surface area contributed by atoms with Crippen molar-refractivity contribution >= 4 is 6.09 Å². The van der Waals surface area contributed by atoms with Gasteiger partial charge in [-0.25, -0.2) is 4.79 Å². The molecular weight excluding hydrogens is 174 g/mol. The van der Waals surface area contributed by atoms with E-state index >= 15 is 0 Å². The van der Waals surface area contributed by atoms with Crippen LogP contribution in [0.5, 0.6) is 0 Å². The van der Waals surface area contributed by atoms with Crippen molar-refractivity contribution in [3.05, 3.63) is 0 Å². The number of aliphatic hydroxyl groups excluding tert-OH is 2. The van der Waals surface area contributed by atoms with Gasteiger partial charge in [0.2, 0.25) is 0 Å². The highest BCUT2D eigenvalue weighted by atomic mass is 16.6. The van der Waals surface area contributed by atoms with Crippen LogP contribution in [0, 0.1) is 0 Å². The highest BCUT2D eigenvalue weighted by molar-refractivity contribution is 5.68. The van der Waals surface area contributed by atoms with Crippen LogP contribution in [0.1, 0.15) is 12.8 Å². The summed E-state index contributed by atoms with van der Waals surface area (Å²) in [5.74, 6) is 0. The first-order chi connectivity index (χ1) is 6.29. The zero-order valence-electron chi connectivity index (χ0n) is 7.48. The van der Waals surface area contributed by atoms with E-state index in [-0.39, 0.29) is 25.9 Å². The lowest BCUT2D eigenvalue weighted by molar-refractivity contribution is 0.0758. The quantitative estimate of drug-likeness (QED) is 0.615. The maximum absolute atomic E-state index is 11.3. The molecule has 0 atom stereocenters. The van der Waals surface area contributed by atoms with E-state index in [0.29, 0.717) is 6.54 Å². The molecule has 0 radical (unpaired) electrons. The molecule has 1 aliphatic rings. The molecule has 0 aromatic heterocycles. The second-order valence-electron chi connectivity index (χ2n) is 2.99. The van der Waals surface area contributed by atoms with E-state index in [2.05, 4.69) is 0 Å². The first-order valence-corrected chi connectivity index (χ1v) is 4.44. The van der Waals surface area contributed by atoms with Crippen LogP contribution < -0.4 is 0 Å². The molecule has 0 unspecified atom stereocenters. The first kappa shape index (κ1) is 10.3. The second kappa shape index (κ2) is 5.04. The minimum absolute atomic E-state index is 0.0213. The van der Waals surface area contributed by atoms with Gasteiger partial charge >= 0.3 is 6.09 Å². The smallest absolute Gasteiger partial charge is 0.410 e. The van der Waals surface area contributed by atoms with E-state index in [1.807, 2.05) is 0 Å². The minimum atomic E-state index is -0.439. The average molecular weight is 189 g/mol. The van der Waals surface area contributed by atoms with E-state index in [0.717, 1.165) is 12.8 Å². The molecule has 0 aromatic carbocycles. The van der Waals surface area contributed by atoms with Gasteiger partial charge in [0.05, 0.1) is 13.2 Å². The van der Waals surface area contributed by atoms with E-state index in [1.165, 1.54) is 4.90 Å². The van der Waals surface area contributed by atoms with E-state index in [9.17, 15) is 4.79 Å². The summed E-state index contributed by atoms with van der Waals surface area (Å²) in [5, 5.41) is 17.1. The van der Waals surface area contributed by atoms with Gasteiger partial charge in [-0.2, -0.15) is 0 Å². The number of hydrogen-bond acceptors (Lipinski definition) is 4. The molecule has 1 fully saturated rings. The fourth-order valence-corrected chi connectivity index (χ4v) is 1.13. The number of ether oxygens (including phenoxy) is 1. The van der Waals surface area contributed by atoms with Crippen LogP contribution in [0.4, 0.5) is 4.79 Å². The highest BCUT2D eigenvalue weighted by Crippen LogP contribution is 2.26. The predicted octanol–water partition coefficient (Wildman–Crippen LogP) is -0.428. The molecule has 0 aromatic rings. The summed E-state index contributed by atoms with van der Waals surface area (Å²) in [5.41, 5.74) is 0. The molecule has 1 rings (SSSR count). The molecule has 1 saturated carbocycles. The summed E-state index contributed by atoms with van der Waals surface area (Å²) >= 11 is 0. The number of carbonyl (C=O) groups excluding carboxylic acids is 1. The Bertz CT molecular complexity index is 170. The first-order valence-electron chi connectivity index (χ1n) is 4.44. The SMILES string of the molecule is O=C(OCCO)N(CCO)C1CC1. The van der Waals surface area contributed by atoms with Gasteiger partial charge in [0, 0.05) is 12.6 Å². The Hall–Kier alpha value is -0.810. The zero-order valence-corrected chi connectivity index (χ0v) is 7.48. The highest BCUT2D eigenvalue weighted by Gasteiger charge is 2.32. The summed E-state index contributed by atoms with van der Waals surface area (Å²) in [6.45, 7) is 0.122. The van der Waals surface area contributed by atoms with Gasteiger partial charge in [-0.3, -0.25) is 0 Å². The maximum Gasteiger partial charge on any atom is 0.410 e. The predicted molar refractivity (Wildman–Crippen MR) is 45.2 cm³/mol. The van der Waals surface area contributed by atoms with Gasteiger partial charge in [0.1, 0.15) is 6.61 Å². The van der Waals surface area contributed by atoms with E-state index in [4.69, 9.17) is 14.9 Å². The number of hydrogen-bond donors (Lipinski definition) is 2. The summed E-state index contributed by atoms with van der Waals surface area (Å²) in [6.07, 6.45) is 1.52. The molecule has 0 bridgehead atoms. The number of amides is 1. The standard InChI is InChI=1S/C8H15NO4/c10-4-3-9(7-1-2-7)8(12)13-6-5-11/h7,10-11H,1-6H2. The van der Waals surface area contributed by atoms with Gasteiger partial charge in [0.15, 0.2) is 0 Å².